The van der Waals surface area contributed by atoms with Gasteiger partial charge < -0.3 is 33.8 Å². The molecule has 0 fully saturated rings. The van der Waals surface area contributed by atoms with Crippen LogP contribution in [0.4, 0.5) is 0 Å². The van der Waals surface area contributed by atoms with E-state index in [1.807, 2.05) is 0 Å². The number of phosphoric ester groups is 2. The molecular formula is C76H148O17P2. The average Bonchev–Trinajstić information content (AvgIpc) is 3.49. The second-order valence-corrected chi connectivity index (χ2v) is 31.0. The summed E-state index contributed by atoms with van der Waals surface area (Å²) in [6.45, 7) is 9.56. The van der Waals surface area contributed by atoms with Crippen LogP contribution in [0.15, 0.2) is 0 Å². The third-order valence-electron chi connectivity index (χ3n) is 18.1. The quantitative estimate of drug-likeness (QED) is 0.0222. The number of esters is 4. The number of carbonyl (C=O) groups excluding carboxylic acids is 4. The van der Waals surface area contributed by atoms with Crippen LogP contribution in [0.5, 0.6) is 0 Å². The highest BCUT2D eigenvalue weighted by molar-refractivity contribution is 7.47. The van der Waals surface area contributed by atoms with Gasteiger partial charge in [-0.15, -0.1) is 0 Å². The van der Waals surface area contributed by atoms with Crippen molar-refractivity contribution in [2.24, 2.45) is 11.8 Å². The highest BCUT2D eigenvalue weighted by Gasteiger charge is 2.30. The fraction of sp³-hybridized carbons (Fsp3) is 0.947. The molecule has 17 nitrogen and oxygen atoms in total. The molecule has 0 saturated carbocycles. The fourth-order valence-electron chi connectivity index (χ4n) is 11.6. The zero-order valence-corrected chi connectivity index (χ0v) is 63.8. The summed E-state index contributed by atoms with van der Waals surface area (Å²) in [5.41, 5.74) is 0. The van der Waals surface area contributed by atoms with Crippen LogP contribution in [-0.4, -0.2) is 96.7 Å². The largest absolute Gasteiger partial charge is 0.472 e. The van der Waals surface area contributed by atoms with E-state index in [4.69, 9.17) is 37.0 Å². The zero-order valence-electron chi connectivity index (χ0n) is 62.0. The minimum absolute atomic E-state index is 0.105. The lowest BCUT2D eigenvalue weighted by molar-refractivity contribution is -0.161. The van der Waals surface area contributed by atoms with Gasteiger partial charge in [-0.25, -0.2) is 9.13 Å². The Morgan fingerprint density at radius 1 is 0.305 bits per heavy atom. The van der Waals surface area contributed by atoms with Crippen molar-refractivity contribution in [3.8, 4) is 0 Å². The van der Waals surface area contributed by atoms with Crippen LogP contribution in [-0.2, 0) is 65.4 Å². The molecule has 0 aliphatic carbocycles. The molecular weight excluding hydrogens is 1250 g/mol. The molecule has 0 aromatic carbocycles. The van der Waals surface area contributed by atoms with Crippen molar-refractivity contribution in [1.82, 2.24) is 0 Å². The van der Waals surface area contributed by atoms with Gasteiger partial charge in [0.15, 0.2) is 12.2 Å². The first-order valence-electron chi connectivity index (χ1n) is 39.5. The first-order valence-corrected chi connectivity index (χ1v) is 42.5. The number of hydrogen-bond acceptors (Lipinski definition) is 15. The van der Waals surface area contributed by atoms with Gasteiger partial charge in [0.1, 0.15) is 19.3 Å². The molecule has 19 heteroatoms. The van der Waals surface area contributed by atoms with Gasteiger partial charge in [0.25, 0.3) is 0 Å². The molecule has 0 heterocycles. The predicted octanol–water partition coefficient (Wildman–Crippen LogP) is 22.3. The lowest BCUT2D eigenvalue weighted by Gasteiger charge is -2.21. The van der Waals surface area contributed by atoms with Crippen molar-refractivity contribution in [3.05, 3.63) is 0 Å². The molecule has 3 unspecified atom stereocenters. The number of unbranched alkanes of at least 4 members (excludes halogenated alkanes) is 44. The molecule has 0 rings (SSSR count). The van der Waals surface area contributed by atoms with Crippen molar-refractivity contribution in [1.29, 1.82) is 0 Å². The molecule has 0 spiro atoms. The van der Waals surface area contributed by atoms with Gasteiger partial charge in [-0.1, -0.05) is 343 Å². The topological polar surface area (TPSA) is 237 Å². The van der Waals surface area contributed by atoms with Crippen LogP contribution in [0, 0.1) is 11.8 Å². The van der Waals surface area contributed by atoms with E-state index in [9.17, 15) is 43.2 Å². The van der Waals surface area contributed by atoms with Gasteiger partial charge in [-0.3, -0.25) is 37.3 Å². The lowest BCUT2D eigenvalue weighted by Crippen LogP contribution is -2.30. The Bertz CT molecular complexity index is 1840. The van der Waals surface area contributed by atoms with Crippen LogP contribution in [0.2, 0.25) is 0 Å². The summed E-state index contributed by atoms with van der Waals surface area (Å²) >= 11 is 0. The van der Waals surface area contributed by atoms with E-state index >= 15 is 0 Å². The molecule has 95 heavy (non-hydrogen) atoms. The van der Waals surface area contributed by atoms with E-state index in [0.29, 0.717) is 25.7 Å². The first kappa shape index (κ1) is 93.1. The summed E-state index contributed by atoms with van der Waals surface area (Å²) in [6.07, 6.45) is 55.4. The highest BCUT2D eigenvalue weighted by Crippen LogP contribution is 2.45. The smallest absolute Gasteiger partial charge is 0.462 e. The van der Waals surface area contributed by atoms with Gasteiger partial charge in [0, 0.05) is 25.7 Å². The molecule has 3 N–H and O–H groups in total. The molecule has 564 valence electrons. The fourth-order valence-corrected chi connectivity index (χ4v) is 13.2. The maximum atomic E-state index is 13.1. The number of aliphatic hydroxyl groups excluding tert-OH is 1. The maximum Gasteiger partial charge on any atom is 0.472 e. The lowest BCUT2D eigenvalue weighted by atomic mass is 9.99. The number of hydrogen-bond donors (Lipinski definition) is 3. The minimum atomic E-state index is -4.96. The van der Waals surface area contributed by atoms with E-state index in [0.717, 1.165) is 102 Å². The summed E-state index contributed by atoms with van der Waals surface area (Å²) < 4.78 is 68.5. The van der Waals surface area contributed by atoms with Gasteiger partial charge in [-0.2, -0.15) is 0 Å². The van der Waals surface area contributed by atoms with Crippen molar-refractivity contribution in [3.63, 3.8) is 0 Å². The Balaban J connectivity index is 5.26. The van der Waals surface area contributed by atoms with Crippen molar-refractivity contribution in [2.75, 3.05) is 39.6 Å². The summed E-state index contributed by atoms with van der Waals surface area (Å²) in [6, 6.07) is 0. The second kappa shape index (κ2) is 67.9. The Hall–Kier alpha value is -1.94. The molecule has 0 aromatic heterocycles. The third-order valence-corrected chi connectivity index (χ3v) is 20.0. The highest BCUT2D eigenvalue weighted by atomic mass is 31.2. The summed E-state index contributed by atoms with van der Waals surface area (Å²) in [4.78, 5) is 72.8. The Labute approximate surface area is 581 Å². The molecule has 0 aromatic rings. The van der Waals surface area contributed by atoms with E-state index in [-0.39, 0.29) is 25.7 Å². The molecule has 0 radical (unpaired) electrons. The molecule has 0 saturated heterocycles. The molecule has 0 bridgehead atoms. The monoisotopic (exact) mass is 1400 g/mol. The second-order valence-electron chi connectivity index (χ2n) is 28.1. The molecule has 6 atom stereocenters. The van der Waals surface area contributed by atoms with Crippen molar-refractivity contribution in [2.45, 2.75) is 413 Å². The van der Waals surface area contributed by atoms with Crippen molar-refractivity contribution >= 4 is 39.5 Å². The van der Waals surface area contributed by atoms with E-state index in [1.54, 1.807) is 0 Å². The predicted molar refractivity (Wildman–Crippen MR) is 386 cm³/mol. The Morgan fingerprint density at radius 3 is 0.800 bits per heavy atom. The number of ether oxygens (including phenoxy) is 4. The zero-order chi connectivity index (χ0) is 70.0. The summed E-state index contributed by atoms with van der Waals surface area (Å²) in [5.74, 6) is -0.620. The minimum Gasteiger partial charge on any atom is -0.462 e. The van der Waals surface area contributed by atoms with Crippen LogP contribution in [0.1, 0.15) is 395 Å². The number of aliphatic hydroxyl groups is 1. The van der Waals surface area contributed by atoms with Gasteiger partial charge in [0.2, 0.25) is 0 Å². The van der Waals surface area contributed by atoms with Gasteiger partial charge in [0.05, 0.1) is 26.4 Å². The standard InChI is InChI=1S/C76H148O17P2/c1-7-10-12-14-16-18-20-22-24-26-28-30-32-40-46-52-58-73(78)86-64-71(92-75(80)60-54-48-42-33-31-29-27-25-23-21-19-17-15-13-11-8-2)66-90-94(82,83)88-62-70(77)63-89-95(84,85)91-67-72(65-87-74(79)59-53-47-41-36-34-38-44-50-56-68(4)5)93-76(81)61-55-49-43-37-35-39-45-51-57-69(6)9-3/h68-72,77H,7-67H2,1-6H3,(H,82,83)(H,84,85)/t69?,70-,71-,72-/m1/s1. The first-order chi connectivity index (χ1) is 45.9. The average molecular weight is 1400 g/mol. The number of phosphoric acid groups is 2. The van der Waals surface area contributed by atoms with E-state index < -0.39 is 97.5 Å². The summed E-state index contributed by atoms with van der Waals surface area (Å²) in [7, 11) is -9.91. The van der Waals surface area contributed by atoms with E-state index in [1.165, 1.54) is 212 Å². The number of rotatable bonds is 75. The molecule has 0 aliphatic rings. The Morgan fingerprint density at radius 2 is 0.537 bits per heavy atom. The number of carbonyl (C=O) groups is 4. The van der Waals surface area contributed by atoms with Gasteiger partial charge >= 0.3 is 39.5 Å². The van der Waals surface area contributed by atoms with Gasteiger partial charge in [-0.05, 0) is 37.5 Å². The van der Waals surface area contributed by atoms with Crippen LogP contribution >= 0.6 is 15.6 Å². The maximum absolute atomic E-state index is 13.1. The normalized spacial score (nSPS) is 14.3. The van der Waals surface area contributed by atoms with E-state index in [2.05, 4.69) is 41.5 Å². The SMILES string of the molecule is CCCCCCCCCCCCCCCCCCC(=O)OC[C@H](COP(=O)(O)OC[C@@H](O)COP(=O)(O)OC[C@@H](COC(=O)CCCCCCCCCCC(C)C)OC(=O)CCCCCCCCCCC(C)CC)OC(=O)CCCCCCCCCCCCCCCCCC. The van der Waals surface area contributed by atoms with Crippen LogP contribution < -0.4 is 0 Å². The van der Waals surface area contributed by atoms with Crippen LogP contribution in [0.25, 0.3) is 0 Å². The van der Waals surface area contributed by atoms with Crippen LogP contribution in [0.3, 0.4) is 0 Å². The Kier molecular flexibility index (Phi) is 66.5. The van der Waals surface area contributed by atoms with Crippen molar-refractivity contribution < 1.29 is 80.2 Å². The molecule has 0 aliphatic heterocycles. The third kappa shape index (κ3) is 69.0. The molecule has 0 amide bonds. The summed E-state index contributed by atoms with van der Waals surface area (Å²) in [5, 5.41) is 10.6.